The van der Waals surface area contributed by atoms with Gasteiger partial charge in [-0.15, -0.1) is 0 Å². The fraction of sp³-hybridized carbons (Fsp3) is 0.286. The Morgan fingerprint density at radius 1 is 1.20 bits per heavy atom. The molecule has 12 heteroatoms. The van der Waals surface area contributed by atoms with Gasteiger partial charge in [0.05, 0.1) is 18.0 Å². The maximum atomic E-state index is 12.9. The highest BCUT2D eigenvalue weighted by Gasteiger charge is 2.28. The molecule has 0 aliphatic carbocycles. The predicted molar refractivity (Wildman–Crippen MR) is 152 cm³/mol. The average Bonchev–Trinajstić information content (AvgIpc) is 3.37. The molecule has 0 radical (unpaired) electrons. The summed E-state index contributed by atoms with van der Waals surface area (Å²) in [6, 6.07) is 13.9. The lowest BCUT2D eigenvalue weighted by atomic mass is 10.1. The smallest absolute Gasteiger partial charge is 0.246 e. The molecule has 0 saturated carbocycles. The van der Waals surface area contributed by atoms with Crippen molar-refractivity contribution in [2.45, 2.75) is 37.2 Å². The van der Waals surface area contributed by atoms with Crippen molar-refractivity contribution in [1.82, 2.24) is 29.4 Å². The third kappa shape index (κ3) is 5.40. The molecule has 0 bridgehead atoms. The van der Waals surface area contributed by atoms with E-state index in [0.717, 1.165) is 24.0 Å². The molecule has 5 rings (SSSR count). The van der Waals surface area contributed by atoms with Crippen LogP contribution in [0.4, 0.5) is 5.82 Å². The summed E-state index contributed by atoms with van der Waals surface area (Å²) in [5, 5.41) is 5.53. The van der Waals surface area contributed by atoms with Crippen LogP contribution in [-0.4, -0.2) is 58.7 Å². The Morgan fingerprint density at radius 3 is 2.73 bits per heavy atom. The molecule has 4 aromatic rings. The molecule has 3 N–H and O–H groups in total. The number of likely N-dealkylation sites (tertiary alicyclic amines) is 1. The lowest BCUT2D eigenvalue weighted by Crippen LogP contribution is -2.40. The number of hydrogen-bond donors (Lipinski definition) is 2. The number of nitrogens with zero attached hydrogens (tertiary/aromatic N) is 5. The lowest BCUT2D eigenvalue weighted by molar-refractivity contribution is -0.127. The summed E-state index contributed by atoms with van der Waals surface area (Å²) in [7, 11) is -3.79. The molecular formula is C28H31N7O4S. The summed E-state index contributed by atoms with van der Waals surface area (Å²) in [6.45, 7) is 7.04. The van der Waals surface area contributed by atoms with Crippen molar-refractivity contribution in [3.05, 3.63) is 73.1 Å². The number of para-hydroxylation sites is 1. The van der Waals surface area contributed by atoms with Crippen LogP contribution in [0.25, 0.3) is 22.3 Å². The summed E-state index contributed by atoms with van der Waals surface area (Å²) in [5.41, 5.74) is 9.05. The second kappa shape index (κ2) is 11.4. The predicted octanol–water partition coefficient (Wildman–Crippen LogP) is 3.30. The molecule has 40 heavy (non-hydrogen) atoms. The van der Waals surface area contributed by atoms with Crippen LogP contribution in [0.1, 0.15) is 31.4 Å². The van der Waals surface area contributed by atoms with Gasteiger partial charge in [0.1, 0.15) is 28.5 Å². The Balaban J connectivity index is 1.40. The van der Waals surface area contributed by atoms with Gasteiger partial charge in [0.25, 0.3) is 0 Å². The Bertz CT molecular complexity index is 1650. The van der Waals surface area contributed by atoms with E-state index in [-0.39, 0.29) is 23.4 Å². The van der Waals surface area contributed by atoms with Gasteiger partial charge >= 0.3 is 0 Å². The van der Waals surface area contributed by atoms with Crippen LogP contribution in [0, 0.1) is 0 Å². The third-order valence-corrected chi connectivity index (χ3v) is 8.32. The van der Waals surface area contributed by atoms with Crippen LogP contribution in [0.5, 0.6) is 5.75 Å². The Kier molecular flexibility index (Phi) is 7.81. The van der Waals surface area contributed by atoms with Gasteiger partial charge in [-0.3, -0.25) is 4.79 Å². The first-order valence-electron chi connectivity index (χ1n) is 13.0. The minimum absolute atomic E-state index is 0.0727. The van der Waals surface area contributed by atoms with Crippen molar-refractivity contribution < 1.29 is 17.9 Å². The van der Waals surface area contributed by atoms with Crippen LogP contribution in [0.3, 0.4) is 0 Å². The van der Waals surface area contributed by atoms with Crippen LogP contribution >= 0.6 is 0 Å². The number of carbonyl (C=O) groups is 1. The molecule has 1 saturated heterocycles. The number of nitrogen functional groups attached to an aromatic ring is 1. The molecular weight excluding hydrogens is 530 g/mol. The topological polar surface area (TPSA) is 145 Å². The fourth-order valence-corrected chi connectivity index (χ4v) is 6.08. The van der Waals surface area contributed by atoms with Gasteiger partial charge < -0.3 is 15.4 Å². The monoisotopic (exact) mass is 561 g/mol. The van der Waals surface area contributed by atoms with Crippen molar-refractivity contribution in [1.29, 1.82) is 0 Å². The second-order valence-electron chi connectivity index (χ2n) is 9.44. The van der Waals surface area contributed by atoms with Crippen LogP contribution in [0.2, 0.25) is 0 Å². The number of hydrogen-bond acceptors (Lipinski definition) is 8. The number of rotatable bonds is 9. The van der Waals surface area contributed by atoms with Gasteiger partial charge in [-0.2, -0.15) is 5.10 Å². The van der Waals surface area contributed by atoms with Crippen molar-refractivity contribution >= 4 is 32.8 Å². The number of benzene rings is 2. The quantitative estimate of drug-likeness (QED) is 0.296. The molecule has 1 atom stereocenters. The molecule has 11 nitrogen and oxygen atoms in total. The maximum Gasteiger partial charge on any atom is 0.246 e. The maximum absolute atomic E-state index is 12.9. The number of aromatic nitrogens is 4. The summed E-state index contributed by atoms with van der Waals surface area (Å²) >= 11 is 0. The standard InChI is InChI=1S/C28H31N7O4S/c1-3-24(36)34-15-7-8-21(17-34)35-28-25(27(29)30-18-31-28)26(33-35)20-13-11-19(12-14-20)16-32-40(37,38)23-10-6-5-9-22(23)39-4-2/h3,5-6,9-14,18,21,32H,1,4,7-8,15-17H2,2H3,(H2,29,30,31)/t21-/m1/s1. The van der Waals surface area contributed by atoms with E-state index in [4.69, 9.17) is 15.6 Å². The second-order valence-corrected chi connectivity index (χ2v) is 11.2. The van der Waals surface area contributed by atoms with Crippen LogP contribution in [-0.2, 0) is 21.4 Å². The zero-order valence-corrected chi connectivity index (χ0v) is 23.0. The number of carbonyl (C=O) groups excluding carboxylic acids is 1. The first kappa shape index (κ1) is 27.3. The number of nitrogens with one attached hydrogen (secondary N) is 1. The zero-order valence-electron chi connectivity index (χ0n) is 22.2. The molecule has 1 aliphatic heterocycles. The van der Waals surface area contributed by atoms with E-state index in [1.165, 1.54) is 18.5 Å². The van der Waals surface area contributed by atoms with E-state index < -0.39 is 10.0 Å². The van der Waals surface area contributed by atoms with E-state index in [1.54, 1.807) is 30.0 Å². The fourth-order valence-electron chi connectivity index (χ4n) is 4.92. The van der Waals surface area contributed by atoms with Crippen molar-refractivity contribution in [3.8, 4) is 17.0 Å². The number of anilines is 1. The van der Waals surface area contributed by atoms with Gasteiger partial charge in [0, 0.05) is 25.2 Å². The summed E-state index contributed by atoms with van der Waals surface area (Å²) in [4.78, 5) is 22.8. The zero-order chi connectivity index (χ0) is 28.3. The number of nitrogens with two attached hydrogens (primary N) is 1. The minimum Gasteiger partial charge on any atom is -0.492 e. The van der Waals surface area contributed by atoms with Crippen LogP contribution in [0.15, 0.2) is 72.4 Å². The van der Waals surface area contributed by atoms with Gasteiger partial charge in [0.2, 0.25) is 15.9 Å². The van der Waals surface area contributed by atoms with Crippen molar-refractivity contribution in [2.75, 3.05) is 25.4 Å². The van der Waals surface area contributed by atoms with Gasteiger partial charge in [-0.05, 0) is 43.5 Å². The average molecular weight is 562 g/mol. The Hall–Kier alpha value is -4.29. The number of piperidine rings is 1. The van der Waals surface area contributed by atoms with E-state index in [1.807, 2.05) is 28.9 Å². The number of sulfonamides is 1. The summed E-state index contributed by atoms with van der Waals surface area (Å²) < 4.78 is 35.9. The van der Waals surface area contributed by atoms with Gasteiger partial charge in [0.15, 0.2) is 5.65 Å². The van der Waals surface area contributed by atoms with Crippen LogP contribution < -0.4 is 15.2 Å². The molecule has 208 valence electrons. The van der Waals surface area contributed by atoms with E-state index in [0.29, 0.717) is 48.0 Å². The number of amides is 1. The molecule has 1 fully saturated rings. The van der Waals surface area contributed by atoms with E-state index in [9.17, 15) is 13.2 Å². The Labute approximate surface area is 232 Å². The number of fused-ring (bicyclic) bond motifs is 1. The largest absolute Gasteiger partial charge is 0.492 e. The SMILES string of the molecule is C=CC(=O)N1CCC[C@@H](n2nc(-c3ccc(CNS(=O)(=O)c4ccccc4OCC)cc3)c3c(N)ncnc32)C1. The van der Waals surface area contributed by atoms with Crippen molar-refractivity contribution in [2.24, 2.45) is 0 Å². The minimum atomic E-state index is -3.79. The highest BCUT2D eigenvalue weighted by Crippen LogP contribution is 2.34. The van der Waals surface area contributed by atoms with Crippen molar-refractivity contribution in [3.63, 3.8) is 0 Å². The lowest BCUT2D eigenvalue weighted by Gasteiger charge is -2.32. The molecule has 2 aromatic heterocycles. The molecule has 1 amide bonds. The molecule has 1 aliphatic rings. The highest BCUT2D eigenvalue weighted by molar-refractivity contribution is 7.89. The third-order valence-electron chi connectivity index (χ3n) is 6.88. The summed E-state index contributed by atoms with van der Waals surface area (Å²) in [6.07, 6.45) is 4.41. The van der Waals surface area contributed by atoms with Gasteiger partial charge in [-0.1, -0.05) is 43.0 Å². The normalized spacial score (nSPS) is 15.7. The molecule has 3 heterocycles. The molecule has 0 spiro atoms. The Morgan fingerprint density at radius 2 is 1.98 bits per heavy atom. The highest BCUT2D eigenvalue weighted by atomic mass is 32.2. The summed E-state index contributed by atoms with van der Waals surface area (Å²) in [5.74, 6) is 0.513. The molecule has 2 aromatic carbocycles. The molecule has 0 unspecified atom stereocenters. The van der Waals surface area contributed by atoms with E-state index in [2.05, 4.69) is 21.3 Å². The number of ether oxygens (including phenoxy) is 1. The first-order valence-corrected chi connectivity index (χ1v) is 14.5. The first-order chi connectivity index (χ1) is 19.3. The van der Waals surface area contributed by atoms with Gasteiger partial charge in [-0.25, -0.2) is 27.8 Å². The van der Waals surface area contributed by atoms with E-state index >= 15 is 0 Å².